The number of nitrogens with zero attached hydrogens (tertiary/aromatic N) is 1. The van der Waals surface area contributed by atoms with Gasteiger partial charge in [0.05, 0.1) is 12.5 Å². The molecule has 1 saturated heterocycles. The van der Waals surface area contributed by atoms with E-state index in [2.05, 4.69) is 5.32 Å². The van der Waals surface area contributed by atoms with Gasteiger partial charge in [0.1, 0.15) is 0 Å². The standard InChI is InChI=1S/C7H10N2O4/c1-4(6(11)12)3-9-5(10)2-8-7(9)13/h4H,2-3H2,1H3,(H,8,13)(H,11,12). The Morgan fingerprint density at radius 2 is 2.31 bits per heavy atom. The van der Waals surface area contributed by atoms with Gasteiger partial charge in [-0.3, -0.25) is 14.5 Å². The normalized spacial score (nSPS) is 18.7. The summed E-state index contributed by atoms with van der Waals surface area (Å²) in [6, 6.07) is -0.516. The van der Waals surface area contributed by atoms with Crippen LogP contribution < -0.4 is 5.32 Å². The van der Waals surface area contributed by atoms with Crippen molar-refractivity contribution in [1.29, 1.82) is 0 Å². The maximum absolute atomic E-state index is 11.0. The summed E-state index contributed by atoms with van der Waals surface area (Å²) in [6.07, 6.45) is 0. The third-order valence-electron chi connectivity index (χ3n) is 1.82. The summed E-state index contributed by atoms with van der Waals surface area (Å²) in [6.45, 7) is 1.34. The van der Waals surface area contributed by atoms with Crippen molar-refractivity contribution in [1.82, 2.24) is 10.2 Å². The molecule has 6 nitrogen and oxygen atoms in total. The quantitative estimate of drug-likeness (QED) is 0.568. The zero-order valence-corrected chi connectivity index (χ0v) is 7.11. The zero-order chi connectivity index (χ0) is 10.0. The summed E-state index contributed by atoms with van der Waals surface area (Å²) >= 11 is 0. The first-order chi connectivity index (χ1) is 6.02. The molecule has 1 rings (SSSR count). The van der Waals surface area contributed by atoms with Crippen molar-refractivity contribution in [3.05, 3.63) is 0 Å². The second-order valence-corrected chi connectivity index (χ2v) is 2.90. The Kier molecular flexibility index (Phi) is 2.50. The van der Waals surface area contributed by atoms with Gasteiger partial charge in [-0.15, -0.1) is 0 Å². The highest BCUT2D eigenvalue weighted by atomic mass is 16.4. The van der Waals surface area contributed by atoms with E-state index in [1.54, 1.807) is 0 Å². The lowest BCUT2D eigenvalue weighted by molar-refractivity contribution is -0.141. The number of hydrogen-bond donors (Lipinski definition) is 2. The predicted octanol–water partition coefficient (Wildman–Crippen LogP) is -0.741. The monoisotopic (exact) mass is 186 g/mol. The van der Waals surface area contributed by atoms with Crippen LogP contribution in [-0.2, 0) is 9.59 Å². The van der Waals surface area contributed by atoms with E-state index >= 15 is 0 Å². The summed E-state index contributed by atoms with van der Waals surface area (Å²) in [5, 5.41) is 10.9. The molecule has 0 spiro atoms. The van der Waals surface area contributed by atoms with Gasteiger partial charge < -0.3 is 10.4 Å². The second-order valence-electron chi connectivity index (χ2n) is 2.90. The molecule has 13 heavy (non-hydrogen) atoms. The van der Waals surface area contributed by atoms with Gasteiger partial charge in [-0.25, -0.2) is 4.79 Å². The van der Waals surface area contributed by atoms with Crippen LogP contribution in [-0.4, -0.2) is 41.0 Å². The molecule has 0 saturated carbocycles. The average molecular weight is 186 g/mol. The molecule has 72 valence electrons. The van der Waals surface area contributed by atoms with Crippen molar-refractivity contribution in [3.63, 3.8) is 0 Å². The number of hydrogen-bond acceptors (Lipinski definition) is 3. The van der Waals surface area contributed by atoms with Gasteiger partial charge in [-0.1, -0.05) is 6.92 Å². The van der Waals surface area contributed by atoms with Gasteiger partial charge in [-0.2, -0.15) is 0 Å². The number of imide groups is 1. The number of carboxylic acid groups (broad SMARTS) is 1. The van der Waals surface area contributed by atoms with Crippen molar-refractivity contribution >= 4 is 17.9 Å². The van der Waals surface area contributed by atoms with E-state index < -0.39 is 17.9 Å². The van der Waals surface area contributed by atoms with Crippen molar-refractivity contribution in [3.8, 4) is 0 Å². The number of amides is 3. The number of carboxylic acids is 1. The Bertz CT molecular complexity index is 247. The minimum Gasteiger partial charge on any atom is -0.481 e. The van der Waals surface area contributed by atoms with E-state index in [1.165, 1.54) is 6.92 Å². The van der Waals surface area contributed by atoms with Crippen LogP contribution in [0, 0.1) is 5.92 Å². The molecule has 1 atom stereocenters. The zero-order valence-electron chi connectivity index (χ0n) is 7.11. The number of nitrogens with one attached hydrogen (secondary N) is 1. The largest absolute Gasteiger partial charge is 0.481 e. The van der Waals surface area contributed by atoms with Crippen LogP contribution in [0.1, 0.15) is 6.92 Å². The van der Waals surface area contributed by atoms with E-state index in [9.17, 15) is 14.4 Å². The molecule has 3 amide bonds. The molecule has 0 bridgehead atoms. The summed E-state index contributed by atoms with van der Waals surface area (Å²) in [5.74, 6) is -2.13. The molecular formula is C7H10N2O4. The smallest absolute Gasteiger partial charge is 0.324 e. The minimum atomic E-state index is -1.02. The summed E-state index contributed by atoms with van der Waals surface area (Å²) in [5.41, 5.74) is 0. The lowest BCUT2D eigenvalue weighted by Gasteiger charge is -2.14. The van der Waals surface area contributed by atoms with Crippen molar-refractivity contribution in [2.75, 3.05) is 13.1 Å². The highest BCUT2D eigenvalue weighted by molar-refractivity contribution is 6.02. The molecule has 1 fully saturated rings. The molecule has 1 heterocycles. The minimum absolute atomic E-state index is 0.0365. The predicted molar refractivity (Wildman–Crippen MR) is 41.9 cm³/mol. The van der Waals surface area contributed by atoms with E-state index in [-0.39, 0.29) is 19.0 Å². The van der Waals surface area contributed by atoms with Crippen molar-refractivity contribution < 1.29 is 19.5 Å². The van der Waals surface area contributed by atoms with Crippen LogP contribution in [0.3, 0.4) is 0 Å². The number of aliphatic carboxylic acids is 1. The molecule has 2 N–H and O–H groups in total. The molecular weight excluding hydrogens is 176 g/mol. The Morgan fingerprint density at radius 1 is 1.69 bits per heavy atom. The molecule has 1 unspecified atom stereocenters. The van der Waals surface area contributed by atoms with Gasteiger partial charge in [0, 0.05) is 6.54 Å². The molecule has 0 aromatic heterocycles. The fourth-order valence-electron chi connectivity index (χ4n) is 0.992. The molecule has 0 aliphatic carbocycles. The summed E-state index contributed by atoms with van der Waals surface area (Å²) in [4.78, 5) is 33.3. The SMILES string of the molecule is CC(CN1C(=O)CNC1=O)C(=O)O. The Balaban J connectivity index is 2.57. The molecule has 1 aliphatic heterocycles. The van der Waals surface area contributed by atoms with Gasteiger partial charge in [0.2, 0.25) is 5.91 Å². The number of urea groups is 1. The van der Waals surface area contributed by atoms with Crippen LogP contribution in [0.5, 0.6) is 0 Å². The summed E-state index contributed by atoms with van der Waals surface area (Å²) in [7, 11) is 0. The fourth-order valence-corrected chi connectivity index (χ4v) is 0.992. The average Bonchev–Trinajstić information content (AvgIpc) is 2.35. The van der Waals surface area contributed by atoms with Gasteiger partial charge in [0.15, 0.2) is 0 Å². The maximum atomic E-state index is 11.0. The van der Waals surface area contributed by atoms with Gasteiger partial charge in [-0.05, 0) is 0 Å². The highest BCUT2D eigenvalue weighted by Crippen LogP contribution is 2.04. The number of rotatable bonds is 3. The van der Waals surface area contributed by atoms with Crippen LogP contribution in [0.2, 0.25) is 0 Å². The van der Waals surface area contributed by atoms with Gasteiger partial charge in [0.25, 0.3) is 0 Å². The van der Waals surface area contributed by atoms with Crippen LogP contribution in [0.4, 0.5) is 4.79 Å². The fraction of sp³-hybridized carbons (Fsp3) is 0.571. The number of carbonyl (C=O) groups is 3. The van der Waals surface area contributed by atoms with Crippen LogP contribution in [0.25, 0.3) is 0 Å². The lowest BCUT2D eigenvalue weighted by Crippen LogP contribution is -2.36. The highest BCUT2D eigenvalue weighted by Gasteiger charge is 2.30. The third kappa shape index (κ3) is 1.95. The number of carbonyl (C=O) groups excluding carboxylic acids is 2. The van der Waals surface area contributed by atoms with Crippen molar-refractivity contribution in [2.45, 2.75) is 6.92 Å². The summed E-state index contributed by atoms with van der Waals surface area (Å²) < 4.78 is 0. The second kappa shape index (κ2) is 3.42. The topological polar surface area (TPSA) is 86.7 Å². The molecule has 0 aromatic carbocycles. The maximum Gasteiger partial charge on any atom is 0.324 e. The first kappa shape index (κ1) is 9.50. The molecule has 1 aliphatic rings. The lowest BCUT2D eigenvalue weighted by atomic mass is 10.2. The Morgan fingerprint density at radius 3 is 2.69 bits per heavy atom. The Hall–Kier alpha value is -1.59. The van der Waals surface area contributed by atoms with Crippen LogP contribution in [0.15, 0.2) is 0 Å². The van der Waals surface area contributed by atoms with E-state index in [1.807, 2.05) is 0 Å². The van der Waals surface area contributed by atoms with E-state index in [4.69, 9.17) is 5.11 Å². The first-order valence-corrected chi connectivity index (χ1v) is 3.83. The third-order valence-corrected chi connectivity index (χ3v) is 1.82. The molecule has 0 aromatic rings. The first-order valence-electron chi connectivity index (χ1n) is 3.83. The Labute approximate surface area is 74.5 Å². The van der Waals surface area contributed by atoms with Crippen molar-refractivity contribution in [2.24, 2.45) is 5.92 Å². The van der Waals surface area contributed by atoms with E-state index in [0.29, 0.717) is 0 Å². The van der Waals surface area contributed by atoms with Gasteiger partial charge >= 0.3 is 12.0 Å². The van der Waals surface area contributed by atoms with E-state index in [0.717, 1.165) is 4.90 Å². The molecule has 6 heteroatoms. The molecule has 0 radical (unpaired) electrons. The van der Waals surface area contributed by atoms with Crippen LogP contribution >= 0.6 is 0 Å².